The maximum absolute atomic E-state index is 12.4. The highest BCUT2D eigenvalue weighted by Gasteiger charge is 2.10. The topological polar surface area (TPSA) is 54.9 Å². The van der Waals surface area contributed by atoms with Crippen LogP contribution in [0.1, 0.15) is 18.1 Å². The van der Waals surface area contributed by atoms with Crippen molar-refractivity contribution in [1.82, 2.24) is 10.6 Å². The Morgan fingerprint density at radius 3 is 2.73 bits per heavy atom. The van der Waals surface area contributed by atoms with Gasteiger partial charge in [-0.1, -0.05) is 17.7 Å². The maximum Gasteiger partial charge on any atom is 0.387 e. The molecule has 0 saturated carbocycles. The highest BCUT2D eigenvalue weighted by Crippen LogP contribution is 2.21. The standard InChI is InChI=1S/C15H23F2N3O2/c1-4-21-8-7-19-15(18-3)20-10-12-9-11(2)5-6-13(12)22-14(16)17/h5-6,9,14H,4,7-8,10H2,1-3H3,(H2,18,19,20). The second-order valence-corrected chi connectivity index (χ2v) is 4.54. The van der Waals surface area contributed by atoms with Gasteiger partial charge < -0.3 is 20.1 Å². The Morgan fingerprint density at radius 2 is 2.09 bits per heavy atom. The zero-order valence-corrected chi connectivity index (χ0v) is 13.2. The summed E-state index contributed by atoms with van der Waals surface area (Å²) in [5.41, 5.74) is 1.62. The number of alkyl halides is 2. The van der Waals surface area contributed by atoms with Gasteiger partial charge in [-0.15, -0.1) is 0 Å². The van der Waals surface area contributed by atoms with E-state index >= 15 is 0 Å². The Bertz CT molecular complexity index is 482. The summed E-state index contributed by atoms with van der Waals surface area (Å²) in [5.74, 6) is 0.738. The molecule has 0 radical (unpaired) electrons. The van der Waals surface area contributed by atoms with Crippen molar-refractivity contribution in [3.05, 3.63) is 29.3 Å². The Kier molecular flexibility index (Phi) is 8.21. The summed E-state index contributed by atoms with van der Waals surface area (Å²) in [7, 11) is 1.64. The normalized spacial score (nSPS) is 11.6. The molecule has 0 bridgehead atoms. The maximum atomic E-state index is 12.4. The molecule has 0 fully saturated rings. The number of nitrogens with zero attached hydrogens (tertiary/aromatic N) is 1. The van der Waals surface area contributed by atoms with Crippen molar-refractivity contribution in [3.8, 4) is 5.75 Å². The molecule has 124 valence electrons. The van der Waals surface area contributed by atoms with Gasteiger partial charge in [0.15, 0.2) is 5.96 Å². The van der Waals surface area contributed by atoms with Gasteiger partial charge in [0.2, 0.25) is 0 Å². The molecule has 0 aliphatic rings. The molecule has 0 atom stereocenters. The number of halogens is 2. The van der Waals surface area contributed by atoms with Gasteiger partial charge in [-0.2, -0.15) is 8.78 Å². The van der Waals surface area contributed by atoms with Crippen LogP contribution in [0.3, 0.4) is 0 Å². The Balaban J connectivity index is 2.59. The second kappa shape index (κ2) is 9.94. The third kappa shape index (κ3) is 6.71. The van der Waals surface area contributed by atoms with E-state index in [9.17, 15) is 8.78 Å². The number of aryl methyl sites for hydroxylation is 1. The zero-order chi connectivity index (χ0) is 16.4. The molecule has 0 aliphatic heterocycles. The van der Waals surface area contributed by atoms with Gasteiger partial charge in [-0.3, -0.25) is 4.99 Å². The lowest BCUT2D eigenvalue weighted by Gasteiger charge is -2.15. The van der Waals surface area contributed by atoms with Crippen LogP contribution in [-0.4, -0.2) is 39.4 Å². The molecule has 0 saturated heterocycles. The molecule has 22 heavy (non-hydrogen) atoms. The first-order valence-corrected chi connectivity index (χ1v) is 7.13. The molecule has 0 heterocycles. The molecular weight excluding hydrogens is 292 g/mol. The van der Waals surface area contributed by atoms with Crippen molar-refractivity contribution in [2.45, 2.75) is 27.0 Å². The summed E-state index contributed by atoms with van der Waals surface area (Å²) in [5, 5.41) is 6.14. The first-order chi connectivity index (χ1) is 10.6. The van der Waals surface area contributed by atoms with Gasteiger partial charge in [0, 0.05) is 32.3 Å². The first-order valence-electron chi connectivity index (χ1n) is 7.13. The van der Waals surface area contributed by atoms with Crippen LogP contribution < -0.4 is 15.4 Å². The van der Waals surface area contributed by atoms with E-state index in [1.165, 1.54) is 0 Å². The van der Waals surface area contributed by atoms with Crippen molar-refractivity contribution in [2.75, 3.05) is 26.8 Å². The number of nitrogens with one attached hydrogen (secondary N) is 2. The second-order valence-electron chi connectivity index (χ2n) is 4.54. The number of guanidine groups is 1. The van der Waals surface area contributed by atoms with E-state index in [1.54, 1.807) is 25.2 Å². The number of aliphatic imine (C=N–C) groups is 1. The average molecular weight is 315 g/mol. The number of hydrogen-bond acceptors (Lipinski definition) is 3. The third-order valence-electron chi connectivity index (χ3n) is 2.84. The Labute approximate surface area is 129 Å². The summed E-state index contributed by atoms with van der Waals surface area (Å²) in [6.07, 6.45) is 0. The molecule has 0 aliphatic carbocycles. The largest absolute Gasteiger partial charge is 0.434 e. The highest BCUT2D eigenvalue weighted by atomic mass is 19.3. The number of hydrogen-bond donors (Lipinski definition) is 2. The van der Waals surface area contributed by atoms with Gasteiger partial charge in [0.05, 0.1) is 6.61 Å². The van der Waals surface area contributed by atoms with E-state index in [0.717, 1.165) is 5.56 Å². The van der Waals surface area contributed by atoms with Gasteiger partial charge in [0.1, 0.15) is 5.75 Å². The highest BCUT2D eigenvalue weighted by molar-refractivity contribution is 5.79. The lowest BCUT2D eigenvalue weighted by atomic mass is 10.1. The monoisotopic (exact) mass is 315 g/mol. The van der Waals surface area contributed by atoms with Crippen LogP contribution in [0.25, 0.3) is 0 Å². The molecule has 5 nitrogen and oxygen atoms in total. The van der Waals surface area contributed by atoms with Crippen molar-refractivity contribution in [3.63, 3.8) is 0 Å². The molecule has 2 N–H and O–H groups in total. The average Bonchev–Trinajstić information content (AvgIpc) is 2.48. The van der Waals surface area contributed by atoms with E-state index in [1.807, 2.05) is 13.8 Å². The van der Waals surface area contributed by atoms with E-state index in [4.69, 9.17) is 4.74 Å². The van der Waals surface area contributed by atoms with Crippen molar-refractivity contribution in [2.24, 2.45) is 4.99 Å². The van der Waals surface area contributed by atoms with Crippen molar-refractivity contribution < 1.29 is 18.3 Å². The van der Waals surface area contributed by atoms with Crippen molar-refractivity contribution >= 4 is 5.96 Å². The molecule has 1 aromatic carbocycles. The third-order valence-corrected chi connectivity index (χ3v) is 2.84. The summed E-state index contributed by atoms with van der Waals surface area (Å²) >= 11 is 0. The number of benzene rings is 1. The Morgan fingerprint density at radius 1 is 1.32 bits per heavy atom. The van der Waals surface area contributed by atoms with Gasteiger partial charge in [0.25, 0.3) is 0 Å². The quantitative estimate of drug-likeness (QED) is 0.439. The molecule has 7 heteroatoms. The SMILES string of the molecule is CCOCCNC(=NC)NCc1cc(C)ccc1OC(F)F. The molecule has 1 aromatic rings. The summed E-state index contributed by atoms with van der Waals surface area (Å²) in [4.78, 5) is 4.06. The van der Waals surface area contributed by atoms with E-state index in [0.29, 0.717) is 37.8 Å². The van der Waals surface area contributed by atoms with Crippen LogP contribution in [0.2, 0.25) is 0 Å². The van der Waals surface area contributed by atoms with Gasteiger partial charge in [-0.25, -0.2) is 0 Å². The van der Waals surface area contributed by atoms with Crippen LogP contribution in [-0.2, 0) is 11.3 Å². The molecule has 0 unspecified atom stereocenters. The Hall–Kier alpha value is -1.89. The molecular formula is C15H23F2N3O2. The van der Waals surface area contributed by atoms with E-state index in [-0.39, 0.29) is 5.75 Å². The minimum Gasteiger partial charge on any atom is -0.434 e. The lowest BCUT2D eigenvalue weighted by molar-refractivity contribution is -0.0504. The summed E-state index contributed by atoms with van der Waals surface area (Å²) in [6, 6.07) is 5.08. The summed E-state index contributed by atoms with van der Waals surface area (Å²) in [6.45, 7) is 3.15. The molecule has 0 aromatic heterocycles. The van der Waals surface area contributed by atoms with Gasteiger partial charge in [-0.05, 0) is 19.9 Å². The van der Waals surface area contributed by atoms with Crippen LogP contribution >= 0.6 is 0 Å². The smallest absolute Gasteiger partial charge is 0.387 e. The predicted octanol–water partition coefficient (Wildman–Crippen LogP) is 2.30. The van der Waals surface area contributed by atoms with E-state index < -0.39 is 6.61 Å². The van der Waals surface area contributed by atoms with Crippen LogP contribution in [0.4, 0.5) is 8.78 Å². The number of rotatable bonds is 8. The van der Waals surface area contributed by atoms with Crippen LogP contribution in [0, 0.1) is 6.92 Å². The predicted molar refractivity (Wildman–Crippen MR) is 82.5 cm³/mol. The molecule has 1 rings (SSSR count). The van der Waals surface area contributed by atoms with E-state index in [2.05, 4.69) is 20.4 Å². The van der Waals surface area contributed by atoms with Crippen molar-refractivity contribution in [1.29, 1.82) is 0 Å². The first kappa shape index (κ1) is 18.2. The van der Waals surface area contributed by atoms with Crippen LogP contribution in [0.15, 0.2) is 23.2 Å². The fourth-order valence-electron chi connectivity index (χ4n) is 1.84. The minimum absolute atomic E-state index is 0.165. The fraction of sp³-hybridized carbons (Fsp3) is 0.533. The zero-order valence-electron chi connectivity index (χ0n) is 13.2. The number of ether oxygens (including phenoxy) is 2. The molecule has 0 spiro atoms. The molecule has 0 amide bonds. The minimum atomic E-state index is -2.84. The lowest BCUT2D eigenvalue weighted by Crippen LogP contribution is -2.38. The van der Waals surface area contributed by atoms with Crippen LogP contribution in [0.5, 0.6) is 5.75 Å². The summed E-state index contributed by atoms with van der Waals surface area (Å²) < 4.78 is 34.6. The fourth-order valence-corrected chi connectivity index (χ4v) is 1.84. The van der Waals surface area contributed by atoms with Gasteiger partial charge >= 0.3 is 6.61 Å².